The molecule has 0 aromatic carbocycles. The van der Waals surface area contributed by atoms with Crippen molar-refractivity contribution in [2.24, 2.45) is 17.3 Å². The summed E-state index contributed by atoms with van der Waals surface area (Å²) in [6.45, 7) is 5.28. The van der Waals surface area contributed by atoms with Crippen LogP contribution in [0.15, 0.2) is 0 Å². The van der Waals surface area contributed by atoms with Crippen LogP contribution in [-0.4, -0.2) is 30.3 Å². The van der Waals surface area contributed by atoms with Crippen LogP contribution in [-0.2, 0) is 0 Å². The molecule has 104 valence electrons. The van der Waals surface area contributed by atoms with Gasteiger partial charge in [0, 0.05) is 18.0 Å². The molecule has 3 unspecified atom stereocenters. The third-order valence-electron chi connectivity index (χ3n) is 4.94. The van der Waals surface area contributed by atoms with Gasteiger partial charge >= 0.3 is 6.03 Å². The summed E-state index contributed by atoms with van der Waals surface area (Å²) in [5.74, 6) is 1.24. The normalized spacial score (nSPS) is 33.8. The standard InChI is InChI=1S/C14H26N2O2/c1-10-4-3-5-12(11(10)2)16-13(18)15-8-14(9-17)6-7-14/h10-12,17H,3-9H2,1-2H3,(H2,15,16,18). The average molecular weight is 254 g/mol. The molecule has 0 radical (unpaired) electrons. The van der Waals surface area contributed by atoms with E-state index in [9.17, 15) is 9.90 Å². The van der Waals surface area contributed by atoms with Crippen LogP contribution >= 0.6 is 0 Å². The summed E-state index contributed by atoms with van der Waals surface area (Å²) in [4.78, 5) is 11.9. The number of carbonyl (C=O) groups excluding carboxylic acids is 1. The molecule has 2 aliphatic carbocycles. The Labute approximate surface area is 110 Å². The minimum absolute atomic E-state index is 0.0111. The summed E-state index contributed by atoms with van der Waals surface area (Å²) < 4.78 is 0. The second-order valence-corrected chi connectivity index (χ2v) is 6.36. The third-order valence-corrected chi connectivity index (χ3v) is 4.94. The minimum Gasteiger partial charge on any atom is -0.396 e. The lowest BCUT2D eigenvalue weighted by Crippen LogP contribution is -2.49. The number of aliphatic hydroxyl groups is 1. The van der Waals surface area contributed by atoms with Crippen molar-refractivity contribution in [3.8, 4) is 0 Å². The second kappa shape index (κ2) is 5.47. The van der Waals surface area contributed by atoms with Gasteiger partial charge in [-0.05, 0) is 31.1 Å². The quantitative estimate of drug-likeness (QED) is 0.717. The SMILES string of the molecule is CC1CCCC(NC(=O)NCC2(CO)CC2)C1C. The smallest absolute Gasteiger partial charge is 0.315 e. The van der Waals surface area contributed by atoms with Gasteiger partial charge in [0.15, 0.2) is 0 Å². The van der Waals surface area contributed by atoms with Crippen molar-refractivity contribution in [3.63, 3.8) is 0 Å². The molecule has 4 heteroatoms. The first-order valence-electron chi connectivity index (χ1n) is 7.21. The highest BCUT2D eigenvalue weighted by Gasteiger charge is 2.42. The van der Waals surface area contributed by atoms with Gasteiger partial charge in [-0.15, -0.1) is 0 Å². The maximum absolute atomic E-state index is 11.9. The molecular formula is C14H26N2O2. The van der Waals surface area contributed by atoms with Crippen LogP contribution in [0.5, 0.6) is 0 Å². The van der Waals surface area contributed by atoms with E-state index >= 15 is 0 Å². The van der Waals surface area contributed by atoms with E-state index in [1.54, 1.807) is 0 Å². The molecule has 0 aliphatic heterocycles. The molecule has 0 bridgehead atoms. The Bertz CT molecular complexity index is 302. The highest BCUT2D eigenvalue weighted by Crippen LogP contribution is 2.44. The molecule has 2 rings (SSSR count). The molecule has 0 spiro atoms. The van der Waals surface area contributed by atoms with Crippen LogP contribution in [0.25, 0.3) is 0 Å². The van der Waals surface area contributed by atoms with Crippen LogP contribution in [0.2, 0.25) is 0 Å². The molecule has 2 fully saturated rings. The molecule has 0 saturated heterocycles. The van der Waals surface area contributed by atoms with E-state index in [1.807, 2.05) is 0 Å². The monoisotopic (exact) mass is 254 g/mol. The maximum atomic E-state index is 11.9. The van der Waals surface area contributed by atoms with E-state index in [2.05, 4.69) is 24.5 Å². The summed E-state index contributed by atoms with van der Waals surface area (Å²) in [5.41, 5.74) is -0.0111. The number of hydrogen-bond acceptors (Lipinski definition) is 2. The van der Waals surface area contributed by atoms with Gasteiger partial charge in [0.25, 0.3) is 0 Å². The largest absolute Gasteiger partial charge is 0.396 e. The fourth-order valence-corrected chi connectivity index (χ4v) is 2.84. The Morgan fingerprint density at radius 3 is 2.67 bits per heavy atom. The lowest BCUT2D eigenvalue weighted by molar-refractivity contribution is 0.186. The number of amides is 2. The minimum atomic E-state index is -0.0688. The first-order chi connectivity index (χ1) is 8.56. The summed E-state index contributed by atoms with van der Waals surface area (Å²) in [7, 11) is 0. The van der Waals surface area contributed by atoms with Crippen LogP contribution in [0.4, 0.5) is 4.79 Å². The Hall–Kier alpha value is -0.770. The Morgan fingerprint density at radius 2 is 2.06 bits per heavy atom. The first kappa shape index (κ1) is 13.7. The van der Waals surface area contributed by atoms with E-state index in [-0.39, 0.29) is 18.1 Å². The Balaban J connectivity index is 1.73. The van der Waals surface area contributed by atoms with Crippen LogP contribution in [0.3, 0.4) is 0 Å². The second-order valence-electron chi connectivity index (χ2n) is 6.36. The topological polar surface area (TPSA) is 61.4 Å². The lowest BCUT2D eigenvalue weighted by atomic mass is 9.78. The van der Waals surface area contributed by atoms with E-state index in [1.165, 1.54) is 12.8 Å². The molecular weight excluding hydrogens is 228 g/mol. The Morgan fingerprint density at radius 1 is 1.33 bits per heavy atom. The predicted molar refractivity (Wildman–Crippen MR) is 71.3 cm³/mol. The van der Waals surface area contributed by atoms with Gasteiger partial charge in [-0.25, -0.2) is 4.79 Å². The van der Waals surface area contributed by atoms with Crippen molar-refractivity contribution in [3.05, 3.63) is 0 Å². The van der Waals surface area contributed by atoms with Crippen molar-refractivity contribution in [2.75, 3.05) is 13.2 Å². The van der Waals surface area contributed by atoms with Gasteiger partial charge in [0.2, 0.25) is 0 Å². The highest BCUT2D eigenvalue weighted by molar-refractivity contribution is 5.74. The molecule has 3 atom stereocenters. The van der Waals surface area contributed by atoms with Crippen molar-refractivity contribution in [1.82, 2.24) is 10.6 Å². The molecule has 0 aromatic rings. The van der Waals surface area contributed by atoms with Gasteiger partial charge in [0.05, 0.1) is 6.61 Å². The number of hydrogen-bond donors (Lipinski definition) is 3. The summed E-state index contributed by atoms with van der Waals surface area (Å²) in [5, 5.41) is 15.2. The summed E-state index contributed by atoms with van der Waals surface area (Å²) in [6, 6.07) is 0.235. The van der Waals surface area contributed by atoms with Gasteiger partial charge in [0.1, 0.15) is 0 Å². The number of carbonyl (C=O) groups is 1. The zero-order valence-corrected chi connectivity index (χ0v) is 11.5. The van der Waals surface area contributed by atoms with Gasteiger partial charge in [-0.3, -0.25) is 0 Å². The molecule has 3 N–H and O–H groups in total. The molecule has 0 aromatic heterocycles. The summed E-state index contributed by atoms with van der Waals surface area (Å²) >= 11 is 0. The number of urea groups is 1. The van der Waals surface area contributed by atoms with Crippen LogP contribution < -0.4 is 10.6 Å². The van der Waals surface area contributed by atoms with Crippen molar-refractivity contribution in [2.45, 2.75) is 52.0 Å². The average Bonchev–Trinajstić information content (AvgIpc) is 3.13. The van der Waals surface area contributed by atoms with Crippen LogP contribution in [0.1, 0.15) is 46.0 Å². The number of rotatable bonds is 4. The van der Waals surface area contributed by atoms with E-state index in [0.717, 1.165) is 19.3 Å². The van der Waals surface area contributed by atoms with E-state index < -0.39 is 0 Å². The molecule has 18 heavy (non-hydrogen) atoms. The van der Waals surface area contributed by atoms with Gasteiger partial charge in [-0.1, -0.05) is 26.7 Å². The molecule has 4 nitrogen and oxygen atoms in total. The van der Waals surface area contributed by atoms with Gasteiger partial charge in [-0.2, -0.15) is 0 Å². The van der Waals surface area contributed by atoms with E-state index in [0.29, 0.717) is 24.4 Å². The zero-order chi connectivity index (χ0) is 13.2. The summed E-state index contributed by atoms with van der Waals surface area (Å²) in [6.07, 6.45) is 5.62. The van der Waals surface area contributed by atoms with E-state index in [4.69, 9.17) is 0 Å². The first-order valence-corrected chi connectivity index (χ1v) is 7.21. The van der Waals surface area contributed by atoms with Gasteiger partial charge < -0.3 is 15.7 Å². The Kier molecular flexibility index (Phi) is 4.15. The number of aliphatic hydroxyl groups excluding tert-OH is 1. The maximum Gasteiger partial charge on any atom is 0.315 e. The van der Waals surface area contributed by atoms with Crippen LogP contribution in [0, 0.1) is 17.3 Å². The fourth-order valence-electron chi connectivity index (χ4n) is 2.84. The zero-order valence-electron chi connectivity index (χ0n) is 11.5. The molecule has 0 heterocycles. The molecule has 2 aliphatic rings. The fraction of sp³-hybridized carbons (Fsp3) is 0.929. The predicted octanol–water partition coefficient (Wildman–Crippen LogP) is 1.88. The molecule has 2 saturated carbocycles. The van der Waals surface area contributed by atoms with Crippen molar-refractivity contribution >= 4 is 6.03 Å². The third kappa shape index (κ3) is 3.16. The number of nitrogens with one attached hydrogen (secondary N) is 2. The molecule has 2 amide bonds. The highest BCUT2D eigenvalue weighted by atomic mass is 16.3. The van der Waals surface area contributed by atoms with Crippen molar-refractivity contribution < 1.29 is 9.90 Å². The lowest BCUT2D eigenvalue weighted by Gasteiger charge is -2.34. The van der Waals surface area contributed by atoms with Crippen molar-refractivity contribution in [1.29, 1.82) is 0 Å².